The Kier molecular flexibility index (Phi) is 4.85. The third-order valence-corrected chi connectivity index (χ3v) is 5.70. The Labute approximate surface area is 125 Å². The average molecular weight is 315 g/mol. The summed E-state index contributed by atoms with van der Waals surface area (Å²) < 4.78 is 39.9. The molecule has 0 aromatic heterocycles. The summed E-state index contributed by atoms with van der Waals surface area (Å²) in [5.41, 5.74) is 5.34. The molecule has 0 atom stereocenters. The number of halogens is 1. The van der Waals surface area contributed by atoms with Crippen molar-refractivity contribution in [1.29, 1.82) is 0 Å². The second-order valence-corrected chi connectivity index (χ2v) is 7.73. The van der Waals surface area contributed by atoms with E-state index in [1.807, 2.05) is 14.1 Å². The van der Waals surface area contributed by atoms with Gasteiger partial charge in [-0.15, -0.1) is 0 Å². The molecule has 1 heterocycles. The van der Waals surface area contributed by atoms with E-state index in [1.165, 1.54) is 16.4 Å². The lowest BCUT2D eigenvalue weighted by Gasteiger charge is -2.32. The fourth-order valence-electron chi connectivity index (χ4n) is 2.67. The fraction of sp³-hybridized carbons (Fsp3) is 0.571. The molecule has 118 valence electrons. The summed E-state index contributed by atoms with van der Waals surface area (Å²) in [7, 11) is 0.399. The zero-order valence-corrected chi connectivity index (χ0v) is 13.2. The van der Waals surface area contributed by atoms with Gasteiger partial charge in [0.15, 0.2) is 0 Å². The van der Waals surface area contributed by atoms with E-state index in [1.54, 1.807) is 0 Å². The molecule has 1 fully saturated rings. The minimum atomic E-state index is -3.63. The van der Waals surface area contributed by atoms with Gasteiger partial charge in [0, 0.05) is 19.6 Å². The Hall–Kier alpha value is -1.18. The van der Waals surface area contributed by atoms with Crippen LogP contribution in [0.25, 0.3) is 0 Å². The zero-order chi connectivity index (χ0) is 15.6. The number of nitrogens with two attached hydrogens (primary N) is 1. The quantitative estimate of drug-likeness (QED) is 0.852. The largest absolute Gasteiger partial charge is 0.396 e. The minimum Gasteiger partial charge on any atom is -0.396 e. The summed E-state index contributed by atoms with van der Waals surface area (Å²) in [4.78, 5) is 2.09. The molecular weight excluding hydrogens is 293 g/mol. The van der Waals surface area contributed by atoms with E-state index in [0.29, 0.717) is 19.0 Å². The molecule has 0 amide bonds. The van der Waals surface area contributed by atoms with Crippen LogP contribution in [-0.4, -0.2) is 51.4 Å². The first-order valence-corrected chi connectivity index (χ1v) is 8.44. The first-order chi connectivity index (χ1) is 9.80. The van der Waals surface area contributed by atoms with Gasteiger partial charge in [-0.3, -0.25) is 0 Å². The zero-order valence-electron chi connectivity index (χ0n) is 12.4. The number of nitrogens with zero attached hydrogens (tertiary/aromatic N) is 2. The van der Waals surface area contributed by atoms with Crippen molar-refractivity contribution in [1.82, 2.24) is 9.21 Å². The van der Waals surface area contributed by atoms with E-state index in [-0.39, 0.29) is 10.6 Å². The van der Waals surface area contributed by atoms with Crippen LogP contribution in [-0.2, 0) is 10.0 Å². The van der Waals surface area contributed by atoms with Gasteiger partial charge in [0.2, 0.25) is 10.0 Å². The highest BCUT2D eigenvalue weighted by Gasteiger charge is 2.29. The van der Waals surface area contributed by atoms with Gasteiger partial charge in [-0.1, -0.05) is 0 Å². The first-order valence-electron chi connectivity index (χ1n) is 7.00. The number of anilines is 1. The highest BCUT2D eigenvalue weighted by atomic mass is 32.2. The molecule has 1 aliphatic rings. The molecule has 1 aliphatic heterocycles. The summed E-state index contributed by atoms with van der Waals surface area (Å²) in [5.74, 6) is -0.187. The molecule has 1 aromatic rings. The lowest BCUT2D eigenvalue weighted by molar-refractivity contribution is 0.225. The predicted molar refractivity (Wildman–Crippen MR) is 80.8 cm³/mol. The number of rotatable bonds is 4. The van der Waals surface area contributed by atoms with Crippen LogP contribution >= 0.6 is 0 Å². The van der Waals surface area contributed by atoms with Crippen LogP contribution in [0.5, 0.6) is 0 Å². The molecule has 0 unspecified atom stereocenters. The smallest absolute Gasteiger partial charge is 0.243 e. The van der Waals surface area contributed by atoms with Crippen LogP contribution in [0.4, 0.5) is 10.1 Å². The number of piperidine rings is 1. The highest BCUT2D eigenvalue weighted by Crippen LogP contribution is 2.25. The van der Waals surface area contributed by atoms with E-state index < -0.39 is 15.8 Å². The molecule has 21 heavy (non-hydrogen) atoms. The number of nitrogen functional groups attached to an aromatic ring is 1. The molecule has 1 aromatic carbocycles. The molecule has 0 spiro atoms. The van der Waals surface area contributed by atoms with Crippen molar-refractivity contribution in [3.05, 3.63) is 24.0 Å². The van der Waals surface area contributed by atoms with Crippen LogP contribution in [0.2, 0.25) is 0 Å². The number of hydrogen-bond acceptors (Lipinski definition) is 4. The summed E-state index contributed by atoms with van der Waals surface area (Å²) in [6.45, 7) is 1.92. The maximum atomic E-state index is 13.5. The summed E-state index contributed by atoms with van der Waals surface area (Å²) in [5, 5.41) is 0. The first kappa shape index (κ1) is 16.2. The maximum absolute atomic E-state index is 13.5. The van der Waals surface area contributed by atoms with Gasteiger partial charge < -0.3 is 10.6 Å². The third-order valence-electron chi connectivity index (χ3n) is 3.81. The number of sulfonamides is 1. The lowest BCUT2D eigenvalue weighted by Crippen LogP contribution is -2.40. The average Bonchev–Trinajstić information content (AvgIpc) is 2.41. The minimum absolute atomic E-state index is 0.0275. The predicted octanol–water partition coefficient (Wildman–Crippen LogP) is 1.37. The molecule has 1 saturated heterocycles. The van der Waals surface area contributed by atoms with Gasteiger partial charge in [-0.25, -0.2) is 12.8 Å². The number of benzene rings is 1. The van der Waals surface area contributed by atoms with Crippen LogP contribution in [0.15, 0.2) is 23.1 Å². The Morgan fingerprint density at radius 3 is 2.48 bits per heavy atom. The Morgan fingerprint density at radius 1 is 1.33 bits per heavy atom. The highest BCUT2D eigenvalue weighted by molar-refractivity contribution is 7.89. The van der Waals surface area contributed by atoms with Crippen molar-refractivity contribution in [2.24, 2.45) is 5.92 Å². The van der Waals surface area contributed by atoms with Crippen molar-refractivity contribution in [2.45, 2.75) is 17.7 Å². The van der Waals surface area contributed by atoms with Gasteiger partial charge >= 0.3 is 0 Å². The molecule has 0 aliphatic carbocycles. The standard InChI is InChI=1S/C14H22FN3O2S/c1-17(2)10-11-5-7-18(8-6-11)21(19,20)12-3-4-14(16)13(15)9-12/h3-4,9,11H,5-8,10,16H2,1-2H3. The van der Waals surface area contributed by atoms with Crippen LogP contribution in [0.3, 0.4) is 0 Å². The van der Waals surface area contributed by atoms with Crippen LogP contribution in [0.1, 0.15) is 12.8 Å². The topological polar surface area (TPSA) is 66.6 Å². The summed E-state index contributed by atoms with van der Waals surface area (Å²) in [6, 6.07) is 3.65. The van der Waals surface area contributed by atoms with E-state index >= 15 is 0 Å². The van der Waals surface area contributed by atoms with Crippen molar-refractivity contribution in [2.75, 3.05) is 39.5 Å². The molecule has 0 bridgehead atoms. The molecule has 2 N–H and O–H groups in total. The second-order valence-electron chi connectivity index (χ2n) is 5.79. The molecule has 0 saturated carbocycles. The van der Waals surface area contributed by atoms with E-state index in [4.69, 9.17) is 5.73 Å². The molecule has 2 rings (SSSR count). The summed E-state index contributed by atoms with van der Waals surface area (Å²) >= 11 is 0. The van der Waals surface area contributed by atoms with Crippen molar-refractivity contribution in [3.63, 3.8) is 0 Å². The Bertz CT molecular complexity index is 596. The van der Waals surface area contributed by atoms with Crippen molar-refractivity contribution < 1.29 is 12.8 Å². The monoisotopic (exact) mass is 315 g/mol. The molecular formula is C14H22FN3O2S. The molecule has 0 radical (unpaired) electrons. The Balaban J connectivity index is 2.09. The van der Waals surface area contributed by atoms with E-state index in [0.717, 1.165) is 25.5 Å². The second kappa shape index (κ2) is 6.29. The molecule has 5 nitrogen and oxygen atoms in total. The van der Waals surface area contributed by atoms with Gasteiger partial charge in [-0.2, -0.15) is 4.31 Å². The van der Waals surface area contributed by atoms with E-state index in [2.05, 4.69) is 4.90 Å². The van der Waals surface area contributed by atoms with Gasteiger partial charge in [0.05, 0.1) is 10.6 Å². The fourth-order valence-corrected chi connectivity index (χ4v) is 4.15. The summed E-state index contributed by atoms with van der Waals surface area (Å²) in [6.07, 6.45) is 1.66. The molecule has 7 heteroatoms. The van der Waals surface area contributed by atoms with Gasteiger partial charge in [0.1, 0.15) is 5.82 Å². The normalized spacial score (nSPS) is 18.3. The SMILES string of the molecule is CN(C)CC1CCN(S(=O)(=O)c2ccc(N)c(F)c2)CC1. The third kappa shape index (κ3) is 3.72. The van der Waals surface area contributed by atoms with Crippen molar-refractivity contribution >= 4 is 15.7 Å². The number of hydrogen-bond donors (Lipinski definition) is 1. The lowest BCUT2D eigenvalue weighted by atomic mass is 9.98. The van der Waals surface area contributed by atoms with E-state index in [9.17, 15) is 12.8 Å². The van der Waals surface area contributed by atoms with Gasteiger partial charge in [-0.05, 0) is 51.1 Å². The Morgan fingerprint density at radius 2 is 1.95 bits per heavy atom. The van der Waals surface area contributed by atoms with Crippen LogP contribution < -0.4 is 5.73 Å². The van der Waals surface area contributed by atoms with Crippen LogP contribution in [0, 0.1) is 11.7 Å². The van der Waals surface area contributed by atoms with Gasteiger partial charge in [0.25, 0.3) is 0 Å². The van der Waals surface area contributed by atoms with Crippen molar-refractivity contribution in [3.8, 4) is 0 Å². The maximum Gasteiger partial charge on any atom is 0.243 e.